The topological polar surface area (TPSA) is 123 Å². The number of aliphatic hydroxyl groups is 1. The average Bonchev–Trinajstić information content (AvgIpc) is 3.31. The number of anilines is 2. The summed E-state index contributed by atoms with van der Waals surface area (Å²) in [5.41, 5.74) is 2.23. The van der Waals surface area contributed by atoms with Crippen LogP contribution in [-0.4, -0.2) is 63.9 Å². The van der Waals surface area contributed by atoms with Crippen molar-refractivity contribution in [1.82, 2.24) is 19.9 Å². The highest BCUT2D eigenvalue weighted by Crippen LogP contribution is 2.31. The van der Waals surface area contributed by atoms with Crippen molar-refractivity contribution in [3.8, 4) is 23.1 Å². The molecule has 0 atom stereocenters. The van der Waals surface area contributed by atoms with Gasteiger partial charge in [-0.05, 0) is 45.2 Å². The Morgan fingerprint density at radius 2 is 2.03 bits per heavy atom. The Balaban J connectivity index is 1.53. The zero-order chi connectivity index (χ0) is 25.0. The number of nitrogens with zero attached hydrogens (tertiary/aromatic N) is 5. The van der Waals surface area contributed by atoms with Gasteiger partial charge in [-0.3, -0.25) is 9.78 Å². The van der Waals surface area contributed by atoms with Crippen LogP contribution < -0.4 is 19.7 Å². The maximum absolute atomic E-state index is 12.7. The normalized spacial score (nSPS) is 12.7. The van der Waals surface area contributed by atoms with Gasteiger partial charge >= 0.3 is 0 Å². The average molecular weight is 479 g/mol. The van der Waals surface area contributed by atoms with Gasteiger partial charge in [0.05, 0.1) is 31.1 Å². The van der Waals surface area contributed by atoms with Crippen LogP contribution in [0.5, 0.6) is 11.6 Å². The predicted octanol–water partition coefficient (Wildman–Crippen LogP) is 2.66. The molecule has 0 spiro atoms. The number of pyridine rings is 2. The van der Waals surface area contributed by atoms with Crippen molar-refractivity contribution < 1.29 is 19.4 Å². The Morgan fingerprint density at radius 1 is 1.20 bits per heavy atom. The maximum atomic E-state index is 12.7. The third-order valence-electron chi connectivity index (χ3n) is 5.44. The van der Waals surface area contributed by atoms with E-state index in [1.54, 1.807) is 57.6 Å². The lowest BCUT2D eigenvalue weighted by Gasteiger charge is -2.21. The van der Waals surface area contributed by atoms with Crippen LogP contribution in [0.2, 0.25) is 0 Å². The van der Waals surface area contributed by atoms with Gasteiger partial charge in [0.1, 0.15) is 23.9 Å². The molecule has 0 aliphatic heterocycles. The minimum absolute atomic E-state index is 0.108. The summed E-state index contributed by atoms with van der Waals surface area (Å²) in [6.07, 6.45) is 5.88. The van der Waals surface area contributed by atoms with Gasteiger partial charge in [0.2, 0.25) is 11.8 Å². The van der Waals surface area contributed by atoms with Crippen LogP contribution >= 0.6 is 0 Å². The first kappa shape index (κ1) is 24.3. The number of carbonyl (C=O) groups is 1. The molecular formula is C25H30N6O4. The van der Waals surface area contributed by atoms with E-state index < -0.39 is 5.60 Å². The third kappa shape index (κ3) is 6.21. The molecule has 0 radical (unpaired) electrons. The Bertz CT molecular complexity index is 1190. The summed E-state index contributed by atoms with van der Waals surface area (Å²) < 4.78 is 10.8. The maximum Gasteiger partial charge on any atom is 0.243 e. The summed E-state index contributed by atoms with van der Waals surface area (Å²) in [5.74, 6) is 2.05. The van der Waals surface area contributed by atoms with Crippen molar-refractivity contribution in [2.24, 2.45) is 0 Å². The van der Waals surface area contributed by atoms with Gasteiger partial charge in [-0.1, -0.05) is 0 Å². The summed E-state index contributed by atoms with van der Waals surface area (Å²) in [5, 5.41) is 12.8. The molecule has 0 saturated carbocycles. The SMILES string of the molecule is COc1ccc(NC(=O)CN(C)c2nc(-c3cc(OCC(C)(C)O)ccn3)nc3c2CCC3)cn1. The number of aromatic nitrogens is 4. The summed E-state index contributed by atoms with van der Waals surface area (Å²) in [7, 11) is 3.38. The number of fused-ring (bicyclic) bond motifs is 1. The molecule has 184 valence electrons. The number of nitrogens with one attached hydrogen (secondary N) is 1. The van der Waals surface area contributed by atoms with Gasteiger partial charge in [0, 0.05) is 36.6 Å². The van der Waals surface area contributed by atoms with E-state index in [4.69, 9.17) is 19.4 Å². The molecule has 1 amide bonds. The third-order valence-corrected chi connectivity index (χ3v) is 5.44. The van der Waals surface area contributed by atoms with Gasteiger partial charge in [-0.15, -0.1) is 0 Å². The molecule has 2 N–H and O–H groups in total. The first-order valence-electron chi connectivity index (χ1n) is 11.4. The number of hydrogen-bond acceptors (Lipinski definition) is 9. The van der Waals surface area contributed by atoms with Crippen molar-refractivity contribution in [2.75, 3.05) is 37.5 Å². The largest absolute Gasteiger partial charge is 0.490 e. The number of methoxy groups -OCH3 is 1. The number of amides is 1. The number of ether oxygens (including phenoxy) is 2. The molecule has 1 aliphatic rings. The molecule has 4 rings (SSSR count). The van der Waals surface area contributed by atoms with Crippen molar-refractivity contribution in [3.05, 3.63) is 47.9 Å². The van der Waals surface area contributed by atoms with E-state index in [0.29, 0.717) is 28.8 Å². The van der Waals surface area contributed by atoms with Crippen molar-refractivity contribution >= 4 is 17.4 Å². The second-order valence-electron chi connectivity index (χ2n) is 9.12. The van der Waals surface area contributed by atoms with E-state index in [0.717, 1.165) is 36.3 Å². The van der Waals surface area contributed by atoms with E-state index >= 15 is 0 Å². The number of likely N-dealkylation sites (N-methyl/N-ethyl adjacent to an activating group) is 1. The second kappa shape index (κ2) is 10.2. The van der Waals surface area contributed by atoms with E-state index in [-0.39, 0.29) is 19.1 Å². The smallest absolute Gasteiger partial charge is 0.243 e. The molecule has 3 heterocycles. The standard InChI is InChI=1S/C25H30N6O4/c1-25(2,33)15-35-17-10-11-26-20(12-17)23-29-19-7-5-6-18(19)24(30-23)31(3)14-21(32)28-16-8-9-22(34-4)27-13-16/h8-13,33H,5-7,14-15H2,1-4H3,(H,28,32). The van der Waals surface area contributed by atoms with E-state index in [2.05, 4.69) is 15.3 Å². The number of aryl methyl sites for hydroxylation is 1. The highest BCUT2D eigenvalue weighted by molar-refractivity contribution is 5.93. The van der Waals surface area contributed by atoms with Gasteiger partial charge in [0.15, 0.2) is 5.82 Å². The fourth-order valence-corrected chi connectivity index (χ4v) is 3.79. The van der Waals surface area contributed by atoms with Crippen molar-refractivity contribution in [2.45, 2.75) is 38.7 Å². The minimum atomic E-state index is -0.953. The molecule has 10 heteroatoms. The Labute approximate surface area is 204 Å². The lowest BCUT2D eigenvalue weighted by atomic mass is 10.2. The van der Waals surface area contributed by atoms with Gasteiger partial charge in [-0.2, -0.15) is 0 Å². The molecule has 0 aromatic carbocycles. The summed E-state index contributed by atoms with van der Waals surface area (Å²) in [6, 6.07) is 6.92. The number of rotatable bonds is 9. The minimum Gasteiger partial charge on any atom is -0.490 e. The van der Waals surface area contributed by atoms with Crippen LogP contribution in [0.1, 0.15) is 31.5 Å². The molecule has 3 aromatic heterocycles. The zero-order valence-corrected chi connectivity index (χ0v) is 20.4. The zero-order valence-electron chi connectivity index (χ0n) is 20.4. The van der Waals surface area contributed by atoms with E-state index in [9.17, 15) is 9.90 Å². The molecule has 0 unspecified atom stereocenters. The van der Waals surface area contributed by atoms with Crippen LogP contribution in [0.25, 0.3) is 11.5 Å². The van der Waals surface area contributed by atoms with Gasteiger partial charge in [0.25, 0.3) is 0 Å². The first-order chi connectivity index (χ1) is 16.7. The predicted molar refractivity (Wildman–Crippen MR) is 132 cm³/mol. The molecular weight excluding hydrogens is 448 g/mol. The molecule has 35 heavy (non-hydrogen) atoms. The summed E-state index contributed by atoms with van der Waals surface area (Å²) >= 11 is 0. The second-order valence-corrected chi connectivity index (χ2v) is 9.12. The summed E-state index contributed by atoms with van der Waals surface area (Å²) in [4.78, 5) is 32.6. The van der Waals surface area contributed by atoms with Crippen LogP contribution in [0.15, 0.2) is 36.7 Å². The monoisotopic (exact) mass is 478 g/mol. The number of hydrogen-bond donors (Lipinski definition) is 2. The van der Waals surface area contributed by atoms with Crippen LogP contribution in [-0.2, 0) is 17.6 Å². The molecule has 10 nitrogen and oxygen atoms in total. The van der Waals surface area contributed by atoms with Gasteiger partial charge in [-0.25, -0.2) is 15.0 Å². The molecule has 0 fully saturated rings. The van der Waals surface area contributed by atoms with Gasteiger partial charge < -0.3 is 24.8 Å². The Morgan fingerprint density at radius 3 is 2.74 bits per heavy atom. The summed E-state index contributed by atoms with van der Waals surface area (Å²) in [6.45, 7) is 3.62. The quantitative estimate of drug-likeness (QED) is 0.478. The number of carbonyl (C=O) groups excluding carboxylic acids is 1. The van der Waals surface area contributed by atoms with Crippen molar-refractivity contribution in [3.63, 3.8) is 0 Å². The molecule has 1 aliphatic carbocycles. The van der Waals surface area contributed by atoms with E-state index in [1.165, 1.54) is 0 Å². The van der Waals surface area contributed by atoms with E-state index in [1.807, 2.05) is 11.9 Å². The van der Waals surface area contributed by atoms with Crippen LogP contribution in [0.3, 0.4) is 0 Å². The Hall–Kier alpha value is -3.79. The highest BCUT2D eigenvalue weighted by Gasteiger charge is 2.24. The molecule has 0 saturated heterocycles. The fraction of sp³-hybridized carbons (Fsp3) is 0.400. The van der Waals surface area contributed by atoms with Crippen LogP contribution in [0.4, 0.5) is 11.5 Å². The first-order valence-corrected chi connectivity index (χ1v) is 11.4. The fourth-order valence-electron chi connectivity index (χ4n) is 3.79. The molecule has 0 bridgehead atoms. The highest BCUT2D eigenvalue weighted by atomic mass is 16.5. The van der Waals surface area contributed by atoms with Crippen LogP contribution in [0, 0.1) is 0 Å². The van der Waals surface area contributed by atoms with Crippen molar-refractivity contribution in [1.29, 1.82) is 0 Å². The Kier molecular flexibility index (Phi) is 7.11. The molecule has 3 aromatic rings. The lowest BCUT2D eigenvalue weighted by molar-refractivity contribution is -0.114. The lowest BCUT2D eigenvalue weighted by Crippen LogP contribution is -2.31.